The van der Waals surface area contributed by atoms with Crippen LogP contribution in [0.2, 0.25) is 0 Å². The smallest absolute Gasteiger partial charge is 0.243 e. The standard InChI is InChI=1S/C15H13BrN2OS/c16-14-7-6-11(20-14)9-17-18-15(19)13-8-12(13)10-4-2-1-3-5-10/h1-7,9,12-13H,8H2,(H,18,19)/b17-9-/t12-,13-/m0/s1. The molecule has 1 aliphatic rings. The third-order valence-electron chi connectivity index (χ3n) is 3.32. The largest absolute Gasteiger partial charge is 0.273 e. The molecule has 1 fully saturated rings. The highest BCUT2D eigenvalue weighted by atomic mass is 79.9. The van der Waals surface area contributed by atoms with Crippen molar-refractivity contribution in [3.8, 4) is 0 Å². The van der Waals surface area contributed by atoms with Gasteiger partial charge < -0.3 is 0 Å². The molecule has 0 saturated heterocycles. The van der Waals surface area contributed by atoms with Crippen LogP contribution in [-0.4, -0.2) is 12.1 Å². The van der Waals surface area contributed by atoms with Crippen molar-refractivity contribution in [2.75, 3.05) is 0 Å². The van der Waals surface area contributed by atoms with Gasteiger partial charge in [-0.15, -0.1) is 11.3 Å². The summed E-state index contributed by atoms with van der Waals surface area (Å²) in [6, 6.07) is 14.1. The van der Waals surface area contributed by atoms with Crippen LogP contribution in [0.15, 0.2) is 51.4 Å². The summed E-state index contributed by atoms with van der Waals surface area (Å²) in [7, 11) is 0. The second-order valence-corrected chi connectivity index (χ2v) is 7.23. The highest BCUT2D eigenvalue weighted by Crippen LogP contribution is 2.47. The van der Waals surface area contributed by atoms with Crippen molar-refractivity contribution in [2.45, 2.75) is 12.3 Å². The van der Waals surface area contributed by atoms with Crippen molar-refractivity contribution in [3.63, 3.8) is 0 Å². The third-order valence-corrected chi connectivity index (χ3v) is 4.87. The molecule has 1 heterocycles. The van der Waals surface area contributed by atoms with E-state index in [1.807, 2.05) is 30.3 Å². The summed E-state index contributed by atoms with van der Waals surface area (Å²) in [6.45, 7) is 0. The van der Waals surface area contributed by atoms with Crippen LogP contribution >= 0.6 is 27.3 Å². The summed E-state index contributed by atoms with van der Waals surface area (Å²) >= 11 is 4.97. The molecule has 20 heavy (non-hydrogen) atoms. The molecule has 1 aromatic carbocycles. The van der Waals surface area contributed by atoms with Gasteiger partial charge in [0, 0.05) is 10.8 Å². The number of hydrogen-bond donors (Lipinski definition) is 1. The zero-order chi connectivity index (χ0) is 13.9. The van der Waals surface area contributed by atoms with E-state index < -0.39 is 0 Å². The van der Waals surface area contributed by atoms with Crippen LogP contribution in [0.25, 0.3) is 0 Å². The summed E-state index contributed by atoms with van der Waals surface area (Å²) in [5.74, 6) is 0.414. The first-order chi connectivity index (χ1) is 9.74. The van der Waals surface area contributed by atoms with E-state index in [0.29, 0.717) is 5.92 Å². The van der Waals surface area contributed by atoms with E-state index >= 15 is 0 Å². The molecule has 2 aromatic rings. The predicted octanol–water partition coefficient (Wildman–Crippen LogP) is 3.76. The molecular weight excluding hydrogens is 336 g/mol. The van der Waals surface area contributed by atoms with Gasteiger partial charge in [-0.2, -0.15) is 5.10 Å². The Kier molecular flexibility index (Phi) is 3.98. The lowest BCUT2D eigenvalue weighted by atomic mass is 10.1. The van der Waals surface area contributed by atoms with Gasteiger partial charge in [-0.1, -0.05) is 30.3 Å². The lowest BCUT2D eigenvalue weighted by Crippen LogP contribution is -2.19. The minimum absolute atomic E-state index is 0.00530. The van der Waals surface area contributed by atoms with Gasteiger partial charge in [-0.05, 0) is 46.0 Å². The maximum absolute atomic E-state index is 12.0. The second-order valence-electron chi connectivity index (χ2n) is 4.74. The van der Waals surface area contributed by atoms with E-state index in [4.69, 9.17) is 0 Å². The number of thiophene rings is 1. The molecule has 102 valence electrons. The van der Waals surface area contributed by atoms with Crippen molar-refractivity contribution in [1.29, 1.82) is 0 Å². The van der Waals surface area contributed by atoms with Gasteiger partial charge in [0.25, 0.3) is 0 Å². The quantitative estimate of drug-likeness (QED) is 0.663. The molecule has 0 radical (unpaired) electrons. The average Bonchev–Trinajstić information content (AvgIpc) is 3.17. The summed E-state index contributed by atoms with van der Waals surface area (Å²) in [5.41, 5.74) is 3.86. The third kappa shape index (κ3) is 3.16. The number of halogens is 1. The van der Waals surface area contributed by atoms with E-state index in [2.05, 4.69) is 38.6 Å². The molecule has 1 N–H and O–H groups in total. The Bertz CT molecular complexity index is 638. The summed E-state index contributed by atoms with van der Waals surface area (Å²) in [4.78, 5) is 13.0. The Morgan fingerprint density at radius 2 is 2.10 bits per heavy atom. The Morgan fingerprint density at radius 3 is 2.80 bits per heavy atom. The fraction of sp³-hybridized carbons (Fsp3) is 0.200. The van der Waals surface area contributed by atoms with E-state index in [0.717, 1.165) is 15.1 Å². The topological polar surface area (TPSA) is 41.5 Å². The van der Waals surface area contributed by atoms with Gasteiger partial charge in [0.2, 0.25) is 5.91 Å². The van der Waals surface area contributed by atoms with Crippen LogP contribution in [-0.2, 0) is 4.79 Å². The van der Waals surface area contributed by atoms with E-state index in [1.54, 1.807) is 17.6 Å². The Morgan fingerprint density at radius 1 is 1.30 bits per heavy atom. The number of benzene rings is 1. The molecule has 1 aliphatic carbocycles. The Labute approximate surface area is 129 Å². The number of carbonyl (C=O) groups is 1. The second kappa shape index (κ2) is 5.89. The van der Waals surface area contributed by atoms with Gasteiger partial charge in [-0.3, -0.25) is 4.79 Å². The zero-order valence-electron chi connectivity index (χ0n) is 10.6. The molecule has 0 unspecified atom stereocenters. The monoisotopic (exact) mass is 348 g/mol. The number of hydrogen-bond acceptors (Lipinski definition) is 3. The first-order valence-electron chi connectivity index (χ1n) is 6.37. The highest BCUT2D eigenvalue weighted by Gasteiger charge is 2.43. The van der Waals surface area contributed by atoms with E-state index in [1.165, 1.54) is 5.56 Å². The fourth-order valence-electron chi connectivity index (χ4n) is 2.19. The SMILES string of the molecule is O=C(N/N=C\c1ccc(Br)s1)[C@H]1C[C@H]1c1ccccc1. The molecule has 5 heteroatoms. The van der Waals surface area contributed by atoms with Crippen LogP contribution in [0.4, 0.5) is 0 Å². The lowest BCUT2D eigenvalue weighted by molar-refractivity contribution is -0.122. The van der Waals surface area contributed by atoms with E-state index in [9.17, 15) is 4.79 Å². The summed E-state index contributed by atoms with van der Waals surface area (Å²) in [5, 5.41) is 4.01. The van der Waals surface area contributed by atoms with Crippen molar-refractivity contribution in [2.24, 2.45) is 11.0 Å². The molecule has 3 nitrogen and oxygen atoms in total. The maximum Gasteiger partial charge on any atom is 0.243 e. The van der Waals surface area contributed by atoms with Gasteiger partial charge >= 0.3 is 0 Å². The van der Waals surface area contributed by atoms with Crippen LogP contribution < -0.4 is 5.43 Å². The lowest BCUT2D eigenvalue weighted by Gasteiger charge is -1.99. The highest BCUT2D eigenvalue weighted by molar-refractivity contribution is 9.11. The molecule has 0 spiro atoms. The van der Waals surface area contributed by atoms with Crippen molar-refractivity contribution in [1.82, 2.24) is 5.43 Å². The molecule has 0 aliphatic heterocycles. The van der Waals surface area contributed by atoms with Crippen LogP contribution in [0, 0.1) is 5.92 Å². The van der Waals surface area contributed by atoms with Crippen LogP contribution in [0.1, 0.15) is 22.8 Å². The number of nitrogens with zero attached hydrogens (tertiary/aromatic N) is 1. The van der Waals surface area contributed by atoms with Gasteiger partial charge in [-0.25, -0.2) is 5.43 Å². The first kappa shape index (κ1) is 13.5. The van der Waals surface area contributed by atoms with Crippen molar-refractivity contribution >= 4 is 39.4 Å². The van der Waals surface area contributed by atoms with Crippen molar-refractivity contribution in [3.05, 3.63) is 56.7 Å². The van der Waals surface area contributed by atoms with E-state index in [-0.39, 0.29) is 11.8 Å². The van der Waals surface area contributed by atoms with Crippen molar-refractivity contribution < 1.29 is 4.79 Å². The fourth-order valence-corrected chi connectivity index (χ4v) is 3.49. The van der Waals surface area contributed by atoms with Gasteiger partial charge in [0.15, 0.2) is 0 Å². The molecule has 0 bridgehead atoms. The zero-order valence-corrected chi connectivity index (χ0v) is 13.0. The van der Waals surface area contributed by atoms with Crippen LogP contribution in [0.3, 0.4) is 0 Å². The minimum atomic E-state index is 0.00530. The van der Waals surface area contributed by atoms with Gasteiger partial charge in [0.1, 0.15) is 0 Å². The number of carbonyl (C=O) groups excluding carboxylic acids is 1. The normalized spacial score (nSPS) is 21.1. The molecular formula is C15H13BrN2OS. The van der Waals surface area contributed by atoms with Gasteiger partial charge in [0.05, 0.1) is 10.0 Å². The van der Waals surface area contributed by atoms with Crippen LogP contribution in [0.5, 0.6) is 0 Å². The number of hydrazone groups is 1. The molecule has 1 amide bonds. The number of amides is 1. The number of nitrogens with one attached hydrogen (secondary N) is 1. The summed E-state index contributed by atoms with van der Waals surface area (Å²) < 4.78 is 1.05. The number of rotatable bonds is 4. The molecule has 1 saturated carbocycles. The molecule has 3 rings (SSSR count). The predicted molar refractivity (Wildman–Crippen MR) is 85.0 cm³/mol. The summed E-state index contributed by atoms with van der Waals surface area (Å²) in [6.07, 6.45) is 2.59. The molecule has 2 atom stereocenters. The average molecular weight is 349 g/mol. The maximum atomic E-state index is 12.0. The Balaban J connectivity index is 1.53. The first-order valence-corrected chi connectivity index (χ1v) is 7.98. The minimum Gasteiger partial charge on any atom is -0.273 e. The Hall–Kier alpha value is -1.46. The molecule has 1 aromatic heterocycles.